The van der Waals surface area contributed by atoms with Crippen LogP contribution in [0.15, 0.2) is 0 Å². The van der Waals surface area contributed by atoms with Gasteiger partial charge in [0.25, 0.3) is 0 Å². The Bertz CT molecular complexity index is 330. The first kappa shape index (κ1) is 17.4. The quantitative estimate of drug-likeness (QED) is 0.403. The Morgan fingerprint density at radius 1 is 1.10 bits per heavy atom. The molecule has 1 saturated heterocycles. The lowest BCUT2D eigenvalue weighted by atomic mass is 9.62. The molecule has 1 rings (SSSR count). The second-order valence-corrected chi connectivity index (χ2v) is 6.66. The smallest absolute Gasteiger partial charge is 0.345 e. The first-order valence-electron chi connectivity index (χ1n) is 7.85. The number of rotatable bonds is 7. The van der Waals surface area contributed by atoms with E-state index < -0.39 is 11.2 Å². The minimum Gasteiger partial charge on any atom is -0.463 e. The van der Waals surface area contributed by atoms with Crippen molar-refractivity contribution in [3.05, 3.63) is 0 Å². The molecule has 0 saturated carbocycles. The van der Waals surface area contributed by atoms with Crippen molar-refractivity contribution < 1.29 is 19.3 Å². The van der Waals surface area contributed by atoms with E-state index in [9.17, 15) is 4.79 Å². The van der Waals surface area contributed by atoms with Crippen molar-refractivity contribution in [1.29, 1.82) is 0 Å². The van der Waals surface area contributed by atoms with Gasteiger partial charge >= 0.3 is 5.97 Å². The normalized spacial score (nSPS) is 29.9. The van der Waals surface area contributed by atoms with E-state index in [4.69, 9.17) is 14.5 Å². The fourth-order valence-corrected chi connectivity index (χ4v) is 3.06. The lowest BCUT2D eigenvalue weighted by Crippen LogP contribution is -2.75. The summed E-state index contributed by atoms with van der Waals surface area (Å²) in [4.78, 5) is 23.5. The lowest BCUT2D eigenvalue weighted by Gasteiger charge is -2.60. The van der Waals surface area contributed by atoms with Crippen LogP contribution in [0.2, 0.25) is 0 Å². The highest BCUT2D eigenvalue weighted by molar-refractivity contribution is 5.82. The fourth-order valence-electron chi connectivity index (χ4n) is 3.06. The Labute approximate surface area is 123 Å². The molecule has 1 fully saturated rings. The Kier molecular flexibility index (Phi) is 5.61. The summed E-state index contributed by atoms with van der Waals surface area (Å²) in [6, 6.07) is 0. The minimum absolute atomic E-state index is 0.193. The topological polar surface area (TPSA) is 44.8 Å². The van der Waals surface area contributed by atoms with E-state index in [1.165, 1.54) is 0 Å². The van der Waals surface area contributed by atoms with Crippen LogP contribution in [0.3, 0.4) is 0 Å². The molecule has 0 aromatic heterocycles. The molecule has 2 unspecified atom stereocenters. The fraction of sp³-hybridized carbons (Fsp3) is 0.938. The van der Waals surface area contributed by atoms with Gasteiger partial charge in [0.15, 0.2) is 5.60 Å². The molecule has 1 heterocycles. The molecule has 118 valence electrons. The summed E-state index contributed by atoms with van der Waals surface area (Å²) in [6.45, 7) is 12.9. The van der Waals surface area contributed by atoms with Crippen LogP contribution < -0.4 is 0 Å². The average Bonchev–Trinajstić information content (AvgIpc) is 2.34. The monoisotopic (exact) mass is 286 g/mol. The maximum absolute atomic E-state index is 12.6. The zero-order valence-electron chi connectivity index (χ0n) is 13.9. The molecule has 0 N–H and O–H groups in total. The first-order valence-corrected chi connectivity index (χ1v) is 7.85. The van der Waals surface area contributed by atoms with E-state index in [1.54, 1.807) is 0 Å². The van der Waals surface area contributed by atoms with Crippen LogP contribution in [0, 0.1) is 5.41 Å². The van der Waals surface area contributed by atoms with E-state index in [0.29, 0.717) is 13.0 Å². The van der Waals surface area contributed by atoms with Crippen LogP contribution in [-0.4, -0.2) is 23.8 Å². The Balaban J connectivity index is 2.99. The van der Waals surface area contributed by atoms with Crippen LogP contribution >= 0.6 is 0 Å². The second kappa shape index (κ2) is 6.44. The molecule has 20 heavy (non-hydrogen) atoms. The highest BCUT2D eigenvalue weighted by Gasteiger charge is 2.72. The number of ether oxygens (including phenoxy) is 1. The molecule has 0 radical (unpaired) electrons. The van der Waals surface area contributed by atoms with Gasteiger partial charge in [0.05, 0.1) is 6.61 Å². The maximum Gasteiger partial charge on any atom is 0.345 e. The Morgan fingerprint density at radius 3 is 2.10 bits per heavy atom. The number of unbranched alkanes of at least 4 members (excludes halogenated alkanes) is 1. The molecule has 0 aliphatic carbocycles. The first-order chi connectivity index (χ1) is 9.31. The van der Waals surface area contributed by atoms with Crippen LogP contribution in [0.1, 0.15) is 73.6 Å². The van der Waals surface area contributed by atoms with Crippen molar-refractivity contribution in [3.63, 3.8) is 0 Å². The maximum atomic E-state index is 12.6. The van der Waals surface area contributed by atoms with Gasteiger partial charge in [0.1, 0.15) is 0 Å². The summed E-state index contributed by atoms with van der Waals surface area (Å²) in [5, 5.41) is 0. The molecule has 0 spiro atoms. The largest absolute Gasteiger partial charge is 0.463 e. The van der Waals surface area contributed by atoms with E-state index in [2.05, 4.69) is 34.6 Å². The van der Waals surface area contributed by atoms with Gasteiger partial charge in [-0.25, -0.2) is 14.6 Å². The van der Waals surface area contributed by atoms with Gasteiger partial charge in [0, 0.05) is 0 Å². The molecule has 0 amide bonds. The number of hydrogen-bond acceptors (Lipinski definition) is 4. The zero-order chi connectivity index (χ0) is 15.4. The average molecular weight is 286 g/mol. The van der Waals surface area contributed by atoms with Crippen molar-refractivity contribution in [2.45, 2.75) is 84.8 Å². The van der Waals surface area contributed by atoms with E-state index in [-0.39, 0.29) is 11.4 Å². The summed E-state index contributed by atoms with van der Waals surface area (Å²) < 4.78 is 5.43. The van der Waals surface area contributed by atoms with Gasteiger partial charge < -0.3 is 4.74 Å². The standard InChI is InChI=1S/C16H30O4/c1-7-10-12-18-13(17)15(9-3)16(11-8-2,20-19-15)14(4,5)6/h7-12H2,1-6H3. The predicted molar refractivity (Wildman–Crippen MR) is 78.2 cm³/mol. The third-order valence-corrected chi connectivity index (χ3v) is 4.35. The van der Waals surface area contributed by atoms with Crippen LogP contribution in [0.4, 0.5) is 0 Å². The summed E-state index contributed by atoms with van der Waals surface area (Å²) in [5.74, 6) is -0.275. The van der Waals surface area contributed by atoms with E-state index in [1.807, 2.05) is 6.92 Å². The van der Waals surface area contributed by atoms with E-state index >= 15 is 0 Å². The third-order valence-electron chi connectivity index (χ3n) is 4.35. The number of carbonyl (C=O) groups is 1. The lowest BCUT2D eigenvalue weighted by molar-refractivity contribution is -0.561. The van der Waals surface area contributed by atoms with Crippen molar-refractivity contribution in [1.82, 2.24) is 0 Å². The molecule has 2 atom stereocenters. The number of esters is 1. The van der Waals surface area contributed by atoms with Gasteiger partial charge in [-0.3, -0.25) is 0 Å². The van der Waals surface area contributed by atoms with Crippen molar-refractivity contribution in [2.75, 3.05) is 6.61 Å². The summed E-state index contributed by atoms with van der Waals surface area (Å²) in [7, 11) is 0. The number of hydrogen-bond donors (Lipinski definition) is 0. The Morgan fingerprint density at radius 2 is 1.75 bits per heavy atom. The van der Waals surface area contributed by atoms with Gasteiger partial charge in [0.2, 0.25) is 5.60 Å². The minimum atomic E-state index is -0.963. The van der Waals surface area contributed by atoms with Crippen LogP contribution in [0.5, 0.6) is 0 Å². The summed E-state index contributed by atoms with van der Waals surface area (Å²) >= 11 is 0. The third kappa shape index (κ3) is 2.60. The highest BCUT2D eigenvalue weighted by atomic mass is 17.3. The summed E-state index contributed by atoms with van der Waals surface area (Å²) in [6.07, 6.45) is 4.17. The van der Waals surface area contributed by atoms with E-state index in [0.717, 1.165) is 25.7 Å². The molecule has 4 heteroatoms. The molecule has 1 aliphatic heterocycles. The van der Waals surface area contributed by atoms with Gasteiger partial charge in [-0.05, 0) is 24.7 Å². The van der Waals surface area contributed by atoms with Crippen molar-refractivity contribution in [3.8, 4) is 0 Å². The predicted octanol–water partition coefficient (Wildman–Crippen LogP) is 4.03. The van der Waals surface area contributed by atoms with Crippen molar-refractivity contribution in [2.24, 2.45) is 5.41 Å². The molecular weight excluding hydrogens is 256 g/mol. The van der Waals surface area contributed by atoms with Gasteiger partial charge in [-0.15, -0.1) is 0 Å². The molecule has 4 nitrogen and oxygen atoms in total. The Hall–Kier alpha value is -0.610. The second-order valence-electron chi connectivity index (χ2n) is 6.66. The summed E-state index contributed by atoms with van der Waals surface area (Å²) in [5.41, 5.74) is -1.76. The molecule has 0 bridgehead atoms. The zero-order valence-corrected chi connectivity index (χ0v) is 13.9. The molecule has 0 aromatic rings. The van der Waals surface area contributed by atoms with Crippen LogP contribution in [-0.2, 0) is 19.3 Å². The number of carbonyl (C=O) groups excluding carboxylic acids is 1. The van der Waals surface area contributed by atoms with Crippen LogP contribution in [0.25, 0.3) is 0 Å². The molecule has 1 aliphatic rings. The highest BCUT2D eigenvalue weighted by Crippen LogP contribution is 2.56. The molecular formula is C16H30O4. The SMILES string of the molecule is CCCCOC(=O)C1(CC)OOC1(CCC)C(C)(C)C. The molecule has 0 aromatic carbocycles. The van der Waals surface area contributed by atoms with Crippen molar-refractivity contribution >= 4 is 5.97 Å². The van der Waals surface area contributed by atoms with Gasteiger partial charge in [-0.1, -0.05) is 54.4 Å². The van der Waals surface area contributed by atoms with Gasteiger partial charge in [-0.2, -0.15) is 0 Å².